The molecular weight excluding hydrogens is 584 g/mol. The van der Waals surface area contributed by atoms with Crippen molar-refractivity contribution in [3.05, 3.63) is 72.8 Å². The van der Waals surface area contributed by atoms with Gasteiger partial charge in [0.25, 0.3) is 0 Å². The Balaban J connectivity index is 2.00. The number of aliphatic carboxylic acids is 1. The number of carboxylic acids is 1. The van der Waals surface area contributed by atoms with Crippen molar-refractivity contribution in [2.24, 2.45) is 5.41 Å². The fraction of sp³-hybridized carbons (Fsp3) is 0.541. The van der Waals surface area contributed by atoms with Gasteiger partial charge in [-0.15, -0.1) is 18.3 Å². The first kappa shape index (κ1) is 36.2. The minimum Gasteiger partial charge on any atom is -0.480 e. The number of amides is 2. The molecule has 0 radical (unpaired) electrons. The predicted molar refractivity (Wildman–Crippen MR) is 184 cm³/mol. The number of carbonyl (C=O) groups excluding carboxylic acids is 2. The monoisotopic (exact) mass is 636 g/mol. The topological polar surface area (TPSA) is 95.9 Å². The highest BCUT2D eigenvalue weighted by molar-refractivity contribution is 8.00. The molecule has 45 heavy (non-hydrogen) atoms. The summed E-state index contributed by atoms with van der Waals surface area (Å²) in [5, 5.41) is 13.3. The van der Waals surface area contributed by atoms with Crippen molar-refractivity contribution in [2.45, 2.75) is 109 Å². The molecule has 246 valence electrons. The van der Waals surface area contributed by atoms with E-state index in [0.29, 0.717) is 6.42 Å². The number of rotatable bonds is 15. The van der Waals surface area contributed by atoms with Crippen LogP contribution in [0.3, 0.4) is 0 Å². The molecule has 0 unspecified atom stereocenters. The van der Waals surface area contributed by atoms with E-state index < -0.39 is 39.9 Å². The highest BCUT2D eigenvalue weighted by Crippen LogP contribution is 2.48. The maximum absolute atomic E-state index is 14.6. The van der Waals surface area contributed by atoms with E-state index in [2.05, 4.69) is 55.2 Å². The number of unbranched alkanes of at least 4 members (excludes halogenated alkanes) is 3. The minimum atomic E-state index is -1.04. The number of benzene rings is 2. The fourth-order valence-corrected chi connectivity index (χ4v) is 7.56. The predicted octanol–water partition coefficient (Wildman–Crippen LogP) is 8.43. The molecule has 0 bridgehead atoms. The first-order valence-corrected chi connectivity index (χ1v) is 17.1. The van der Waals surface area contributed by atoms with Crippen LogP contribution < -0.4 is 5.32 Å². The number of ether oxygens (including phenoxy) is 1. The van der Waals surface area contributed by atoms with Crippen LogP contribution in [0, 0.1) is 5.41 Å². The Morgan fingerprint density at radius 3 is 2.27 bits per heavy atom. The Morgan fingerprint density at radius 2 is 1.69 bits per heavy atom. The summed E-state index contributed by atoms with van der Waals surface area (Å²) in [5.41, 5.74) is 1.78. The fourth-order valence-electron chi connectivity index (χ4n) is 5.93. The number of carboxylic acid groups (broad SMARTS) is 1. The van der Waals surface area contributed by atoms with Crippen molar-refractivity contribution in [3.63, 3.8) is 0 Å². The van der Waals surface area contributed by atoms with Gasteiger partial charge in [-0.25, -0.2) is 9.59 Å². The molecular formula is C37H52N2O5S. The maximum Gasteiger partial charge on any atom is 0.408 e. The SMILES string of the molecule is C=CCCCCC(C)(C)[C@H](NC(=O)OC(C)(C)C)C(=O)N1C[C@](SCCCC)(c2ccc(-c3ccccc3)cc2)C[C@H]1C(=O)O. The van der Waals surface area contributed by atoms with E-state index in [1.165, 1.54) is 4.90 Å². The molecule has 3 rings (SSSR count). The molecule has 1 aliphatic heterocycles. The van der Waals surface area contributed by atoms with Crippen LogP contribution in [0.25, 0.3) is 11.1 Å². The van der Waals surface area contributed by atoms with E-state index in [9.17, 15) is 19.5 Å². The van der Waals surface area contributed by atoms with Crippen LogP contribution in [0.5, 0.6) is 0 Å². The summed E-state index contributed by atoms with van der Waals surface area (Å²) < 4.78 is 4.96. The standard InChI is InChI=1S/C37H52N2O5S/c1-8-10-12-16-23-36(6,7)31(38-34(43)44-35(3,4)5)32(40)39-26-37(45-24-11-9-2,25-30(39)33(41)42)29-21-19-28(20-22-29)27-17-14-13-15-18-27/h8,13-15,17-22,30-31H,1,9-12,16,23-26H2,2-7H3,(H,38,43)(H,41,42)/t30-,31+,37-/m0/s1. The zero-order valence-corrected chi connectivity index (χ0v) is 28.8. The Hall–Kier alpha value is -3.26. The van der Waals surface area contributed by atoms with E-state index in [1.807, 2.05) is 38.1 Å². The third-order valence-electron chi connectivity index (χ3n) is 8.46. The molecule has 0 saturated carbocycles. The molecule has 2 aromatic rings. The van der Waals surface area contributed by atoms with Gasteiger partial charge < -0.3 is 20.1 Å². The summed E-state index contributed by atoms with van der Waals surface area (Å²) in [6.45, 7) is 15.4. The third kappa shape index (κ3) is 9.86. The van der Waals surface area contributed by atoms with Gasteiger partial charge in [-0.3, -0.25) is 4.79 Å². The van der Waals surface area contributed by atoms with Crippen LogP contribution >= 0.6 is 11.8 Å². The van der Waals surface area contributed by atoms with Crippen LogP contribution in [0.4, 0.5) is 4.79 Å². The Morgan fingerprint density at radius 1 is 1.04 bits per heavy atom. The van der Waals surface area contributed by atoms with Crippen molar-refractivity contribution < 1.29 is 24.2 Å². The molecule has 1 saturated heterocycles. The normalized spacial score (nSPS) is 19.2. The molecule has 0 spiro atoms. The molecule has 8 heteroatoms. The largest absolute Gasteiger partial charge is 0.480 e. The molecule has 3 atom stereocenters. The van der Waals surface area contributed by atoms with E-state index >= 15 is 0 Å². The van der Waals surface area contributed by atoms with Crippen LogP contribution in [-0.2, 0) is 19.1 Å². The molecule has 1 fully saturated rings. The van der Waals surface area contributed by atoms with Gasteiger partial charge in [-0.2, -0.15) is 0 Å². The number of nitrogens with zero attached hydrogens (tertiary/aromatic N) is 1. The first-order valence-electron chi connectivity index (χ1n) is 16.2. The summed E-state index contributed by atoms with van der Waals surface area (Å²) in [5.74, 6) is -0.581. The highest BCUT2D eigenvalue weighted by atomic mass is 32.2. The van der Waals surface area contributed by atoms with Crippen molar-refractivity contribution in [1.29, 1.82) is 0 Å². The summed E-state index contributed by atoms with van der Waals surface area (Å²) >= 11 is 1.73. The highest BCUT2D eigenvalue weighted by Gasteiger charge is 2.53. The molecule has 7 nitrogen and oxygen atoms in total. The summed E-state index contributed by atoms with van der Waals surface area (Å²) in [6.07, 6.45) is 6.75. The smallest absolute Gasteiger partial charge is 0.408 e. The quantitative estimate of drug-likeness (QED) is 0.151. The third-order valence-corrected chi connectivity index (χ3v) is 10.0. The van der Waals surface area contributed by atoms with Crippen LogP contribution in [0.1, 0.15) is 92.1 Å². The number of carbonyl (C=O) groups is 3. The number of allylic oxidation sites excluding steroid dienone is 1. The lowest BCUT2D eigenvalue weighted by atomic mass is 9.78. The molecule has 2 aromatic carbocycles. The zero-order chi connectivity index (χ0) is 33.3. The number of hydrogen-bond acceptors (Lipinski definition) is 5. The lowest BCUT2D eigenvalue weighted by molar-refractivity contribution is -0.150. The second kappa shape index (κ2) is 15.8. The van der Waals surface area contributed by atoms with Crippen LogP contribution in [0.15, 0.2) is 67.3 Å². The Kier molecular flexibility index (Phi) is 12.7. The molecule has 1 aliphatic rings. The number of thioether (sulfide) groups is 1. The number of alkyl carbamates (subject to hydrolysis) is 1. The summed E-state index contributed by atoms with van der Waals surface area (Å²) in [6, 6.07) is 16.4. The Labute approximate surface area is 274 Å². The first-order chi connectivity index (χ1) is 21.2. The average Bonchev–Trinajstić information content (AvgIpc) is 3.39. The average molecular weight is 637 g/mol. The van der Waals surface area contributed by atoms with Crippen molar-refractivity contribution in [1.82, 2.24) is 10.2 Å². The lowest BCUT2D eigenvalue weighted by Crippen LogP contribution is -2.58. The van der Waals surface area contributed by atoms with Crippen LogP contribution in [-0.4, -0.2) is 58.0 Å². The lowest BCUT2D eigenvalue weighted by Gasteiger charge is -2.38. The zero-order valence-electron chi connectivity index (χ0n) is 27.9. The maximum atomic E-state index is 14.6. The van der Waals surface area contributed by atoms with Gasteiger partial charge in [-0.1, -0.05) is 94.3 Å². The number of likely N-dealkylation sites (tertiary alicyclic amines) is 1. The van der Waals surface area contributed by atoms with Gasteiger partial charge in [-0.05, 0) is 80.7 Å². The minimum absolute atomic E-state index is 0.237. The number of hydrogen-bond donors (Lipinski definition) is 2. The van der Waals surface area contributed by atoms with Crippen molar-refractivity contribution in [2.75, 3.05) is 12.3 Å². The van der Waals surface area contributed by atoms with Gasteiger partial charge in [0.15, 0.2) is 0 Å². The summed E-state index contributed by atoms with van der Waals surface area (Å²) in [4.78, 5) is 41.9. The van der Waals surface area contributed by atoms with E-state index in [4.69, 9.17) is 4.74 Å². The molecule has 0 aromatic heterocycles. The molecule has 0 aliphatic carbocycles. The second-order valence-corrected chi connectivity index (χ2v) is 15.2. The van der Waals surface area contributed by atoms with Crippen LogP contribution in [0.2, 0.25) is 0 Å². The molecule has 2 N–H and O–H groups in total. The van der Waals surface area contributed by atoms with Gasteiger partial charge in [0, 0.05) is 6.54 Å². The number of nitrogens with one attached hydrogen (secondary N) is 1. The van der Waals surface area contributed by atoms with Crippen molar-refractivity contribution >= 4 is 29.7 Å². The van der Waals surface area contributed by atoms with Crippen molar-refractivity contribution in [3.8, 4) is 11.1 Å². The van der Waals surface area contributed by atoms with E-state index in [1.54, 1.807) is 32.5 Å². The summed E-state index contributed by atoms with van der Waals surface area (Å²) in [7, 11) is 0. The van der Waals surface area contributed by atoms with E-state index in [0.717, 1.165) is 54.5 Å². The molecule has 1 heterocycles. The van der Waals surface area contributed by atoms with E-state index in [-0.39, 0.29) is 18.9 Å². The van der Waals surface area contributed by atoms with Gasteiger partial charge in [0.05, 0.1) is 4.75 Å². The second-order valence-electron chi connectivity index (χ2n) is 13.8. The molecule has 2 amide bonds. The Bertz CT molecular complexity index is 1290. The van der Waals surface area contributed by atoms with Gasteiger partial charge >= 0.3 is 12.1 Å². The van der Waals surface area contributed by atoms with Gasteiger partial charge in [0.1, 0.15) is 17.7 Å². The van der Waals surface area contributed by atoms with Gasteiger partial charge in [0.2, 0.25) is 5.91 Å².